The van der Waals surface area contributed by atoms with Crippen LogP contribution in [0.1, 0.15) is 37.8 Å². The van der Waals surface area contributed by atoms with Gasteiger partial charge in [-0.05, 0) is 30.9 Å². The molecular formula is C12H17O. The quantitative estimate of drug-likeness (QED) is 0.667. The Morgan fingerprint density at radius 2 is 2.00 bits per heavy atom. The minimum atomic E-state index is 0.216. The average molecular weight is 177 g/mol. The van der Waals surface area contributed by atoms with Gasteiger partial charge in [0.05, 0.1) is 0 Å². The molecule has 0 saturated heterocycles. The van der Waals surface area contributed by atoms with Gasteiger partial charge in [0.2, 0.25) is 0 Å². The Morgan fingerprint density at radius 3 is 2.62 bits per heavy atom. The van der Waals surface area contributed by atoms with E-state index in [9.17, 15) is 5.11 Å². The fourth-order valence-corrected chi connectivity index (χ4v) is 1.58. The Morgan fingerprint density at radius 1 is 1.23 bits per heavy atom. The molecule has 0 amide bonds. The van der Waals surface area contributed by atoms with Gasteiger partial charge in [0.25, 0.3) is 0 Å². The lowest BCUT2D eigenvalue weighted by Gasteiger charge is -2.07. The van der Waals surface area contributed by atoms with Crippen molar-refractivity contribution in [2.75, 3.05) is 0 Å². The van der Waals surface area contributed by atoms with E-state index in [1.165, 1.54) is 5.56 Å². The third-order valence-corrected chi connectivity index (χ3v) is 2.39. The van der Waals surface area contributed by atoms with Crippen LogP contribution in [0.25, 0.3) is 0 Å². The molecule has 1 aromatic carbocycles. The predicted molar refractivity (Wildman–Crippen MR) is 54.6 cm³/mol. The lowest BCUT2D eigenvalue weighted by molar-refractivity contribution is 0.349. The molecule has 0 unspecified atom stereocenters. The summed E-state index contributed by atoms with van der Waals surface area (Å²) < 4.78 is 0. The molecule has 0 aliphatic heterocycles. The number of rotatable bonds is 4. The number of aryl methyl sites for hydroxylation is 1. The fraction of sp³-hybridized carbons (Fsp3) is 0.500. The first kappa shape index (κ1) is 10.1. The van der Waals surface area contributed by atoms with Crippen molar-refractivity contribution in [1.29, 1.82) is 0 Å². The van der Waals surface area contributed by atoms with Gasteiger partial charge in [0.15, 0.2) is 5.75 Å². The molecule has 1 nitrogen and oxygen atoms in total. The van der Waals surface area contributed by atoms with E-state index in [0.29, 0.717) is 0 Å². The van der Waals surface area contributed by atoms with Crippen LogP contribution < -0.4 is 0 Å². The van der Waals surface area contributed by atoms with Crippen LogP contribution in [0.4, 0.5) is 0 Å². The van der Waals surface area contributed by atoms with Gasteiger partial charge in [0, 0.05) is 5.56 Å². The summed E-state index contributed by atoms with van der Waals surface area (Å²) in [7, 11) is 0. The first-order valence-corrected chi connectivity index (χ1v) is 5.07. The van der Waals surface area contributed by atoms with Crippen molar-refractivity contribution in [2.45, 2.75) is 39.5 Å². The smallest absolute Gasteiger partial charge is 0.182 e. The highest BCUT2D eigenvalue weighted by Crippen LogP contribution is 2.23. The molecule has 13 heavy (non-hydrogen) atoms. The molecular weight excluding hydrogens is 160 g/mol. The first-order valence-electron chi connectivity index (χ1n) is 5.07. The molecule has 1 heteroatoms. The summed E-state index contributed by atoms with van der Waals surface area (Å²) in [5, 5.41) is 11.5. The Balaban J connectivity index is 2.87. The highest BCUT2D eigenvalue weighted by Gasteiger charge is 2.06. The van der Waals surface area contributed by atoms with Crippen molar-refractivity contribution < 1.29 is 5.11 Å². The molecule has 1 aromatic rings. The molecule has 0 bridgehead atoms. The SMILES string of the molecule is CCCCc1c([O])cccc1CC. The van der Waals surface area contributed by atoms with Gasteiger partial charge in [0.1, 0.15) is 0 Å². The van der Waals surface area contributed by atoms with Crippen LogP contribution in [0.3, 0.4) is 0 Å². The molecule has 0 heterocycles. The summed E-state index contributed by atoms with van der Waals surface area (Å²) in [6.45, 7) is 4.25. The summed E-state index contributed by atoms with van der Waals surface area (Å²) in [5.41, 5.74) is 2.26. The second-order valence-corrected chi connectivity index (χ2v) is 3.35. The van der Waals surface area contributed by atoms with E-state index < -0.39 is 0 Å². The Bertz CT molecular complexity index is 266. The highest BCUT2D eigenvalue weighted by molar-refractivity contribution is 5.39. The number of benzene rings is 1. The van der Waals surface area contributed by atoms with E-state index in [4.69, 9.17) is 0 Å². The van der Waals surface area contributed by atoms with Crippen LogP contribution in [0.5, 0.6) is 5.75 Å². The maximum absolute atomic E-state index is 11.5. The Hall–Kier alpha value is -0.980. The second-order valence-electron chi connectivity index (χ2n) is 3.35. The van der Waals surface area contributed by atoms with Gasteiger partial charge >= 0.3 is 0 Å². The maximum Gasteiger partial charge on any atom is 0.182 e. The van der Waals surface area contributed by atoms with Crippen LogP contribution in [-0.4, -0.2) is 0 Å². The lowest BCUT2D eigenvalue weighted by Crippen LogP contribution is -1.92. The van der Waals surface area contributed by atoms with Crippen LogP contribution >= 0.6 is 0 Å². The molecule has 0 saturated carbocycles. The van der Waals surface area contributed by atoms with Crippen molar-refractivity contribution >= 4 is 0 Å². The minimum absolute atomic E-state index is 0.216. The van der Waals surface area contributed by atoms with Crippen LogP contribution in [-0.2, 0) is 17.9 Å². The number of unbranched alkanes of at least 4 members (excludes halogenated alkanes) is 1. The van der Waals surface area contributed by atoms with E-state index in [1.807, 2.05) is 6.07 Å². The minimum Gasteiger partial charge on any atom is -0.290 e. The predicted octanol–water partition coefficient (Wildman–Crippen LogP) is 3.74. The van der Waals surface area contributed by atoms with Gasteiger partial charge in [-0.25, -0.2) is 0 Å². The van der Waals surface area contributed by atoms with Crippen LogP contribution in [0.2, 0.25) is 0 Å². The molecule has 0 aromatic heterocycles. The van der Waals surface area contributed by atoms with Crippen molar-refractivity contribution in [1.82, 2.24) is 0 Å². The monoisotopic (exact) mass is 177 g/mol. The summed E-state index contributed by atoms with van der Waals surface area (Å²) >= 11 is 0. The molecule has 0 N–H and O–H groups in total. The summed E-state index contributed by atoms with van der Waals surface area (Å²) in [6.07, 6.45) is 4.18. The molecule has 1 rings (SSSR count). The Kier molecular flexibility index (Phi) is 3.81. The topological polar surface area (TPSA) is 19.9 Å². The molecule has 0 aliphatic carbocycles. The molecule has 0 aliphatic rings. The van der Waals surface area contributed by atoms with E-state index in [2.05, 4.69) is 19.9 Å². The first-order chi connectivity index (χ1) is 6.29. The van der Waals surface area contributed by atoms with Gasteiger partial charge in [-0.3, -0.25) is 5.11 Å². The molecule has 71 valence electrons. The van der Waals surface area contributed by atoms with Crippen LogP contribution in [0, 0.1) is 0 Å². The normalized spacial score (nSPS) is 10.3. The second kappa shape index (κ2) is 4.90. The third-order valence-electron chi connectivity index (χ3n) is 2.39. The van der Waals surface area contributed by atoms with Gasteiger partial charge in [-0.2, -0.15) is 0 Å². The number of hydrogen-bond donors (Lipinski definition) is 0. The summed E-state index contributed by atoms with van der Waals surface area (Å²) in [5.74, 6) is 0.216. The zero-order valence-electron chi connectivity index (χ0n) is 8.47. The van der Waals surface area contributed by atoms with Crippen molar-refractivity contribution in [3.05, 3.63) is 29.3 Å². The zero-order chi connectivity index (χ0) is 9.68. The Labute approximate surface area is 80.4 Å². The van der Waals surface area contributed by atoms with E-state index in [0.717, 1.165) is 31.2 Å². The summed E-state index contributed by atoms with van der Waals surface area (Å²) in [6, 6.07) is 5.59. The number of hydrogen-bond acceptors (Lipinski definition) is 0. The molecule has 0 atom stereocenters. The van der Waals surface area contributed by atoms with Crippen molar-refractivity contribution in [3.8, 4) is 5.75 Å². The molecule has 1 radical (unpaired) electrons. The van der Waals surface area contributed by atoms with E-state index in [1.54, 1.807) is 6.07 Å². The average Bonchev–Trinajstić information content (AvgIpc) is 2.15. The standard InChI is InChI=1S/C12H17O/c1-3-5-8-11-10(4-2)7-6-9-12(11)13/h6-7,9H,3-5,8H2,1-2H3. The van der Waals surface area contributed by atoms with Crippen molar-refractivity contribution in [3.63, 3.8) is 0 Å². The van der Waals surface area contributed by atoms with E-state index >= 15 is 0 Å². The highest BCUT2D eigenvalue weighted by atomic mass is 16.3. The van der Waals surface area contributed by atoms with Crippen molar-refractivity contribution in [2.24, 2.45) is 0 Å². The van der Waals surface area contributed by atoms with Gasteiger partial charge in [-0.1, -0.05) is 32.4 Å². The van der Waals surface area contributed by atoms with Crippen LogP contribution in [0.15, 0.2) is 18.2 Å². The lowest BCUT2D eigenvalue weighted by atomic mass is 9.99. The maximum atomic E-state index is 11.5. The van der Waals surface area contributed by atoms with E-state index in [-0.39, 0.29) is 5.75 Å². The van der Waals surface area contributed by atoms with Gasteiger partial charge < -0.3 is 0 Å². The molecule has 0 fully saturated rings. The largest absolute Gasteiger partial charge is 0.290 e. The third kappa shape index (κ3) is 2.48. The zero-order valence-corrected chi connectivity index (χ0v) is 8.47. The summed E-state index contributed by atoms with van der Waals surface area (Å²) in [4.78, 5) is 0. The molecule has 0 spiro atoms. The van der Waals surface area contributed by atoms with Gasteiger partial charge in [-0.15, -0.1) is 0 Å². The fourth-order valence-electron chi connectivity index (χ4n) is 1.58.